The summed E-state index contributed by atoms with van der Waals surface area (Å²) in [6.45, 7) is 3.39. The van der Waals surface area contributed by atoms with Crippen LogP contribution in [-0.2, 0) is 17.8 Å². The van der Waals surface area contributed by atoms with Crippen LogP contribution in [0, 0.1) is 6.92 Å². The average molecular weight is 480 g/mol. The summed E-state index contributed by atoms with van der Waals surface area (Å²) < 4.78 is 11.3. The van der Waals surface area contributed by atoms with Crippen LogP contribution >= 0.6 is 11.6 Å². The van der Waals surface area contributed by atoms with Gasteiger partial charge in [0.1, 0.15) is 0 Å². The van der Waals surface area contributed by atoms with E-state index < -0.39 is 0 Å². The molecule has 0 saturated carbocycles. The molecule has 3 aromatic carbocycles. The molecule has 3 aromatic rings. The third-order valence-corrected chi connectivity index (χ3v) is 5.46. The fourth-order valence-electron chi connectivity index (χ4n) is 3.61. The molecular weight excluding hydrogens is 454 g/mol. The molecule has 0 aliphatic carbocycles. The summed E-state index contributed by atoms with van der Waals surface area (Å²) >= 11 is 6.32. The van der Waals surface area contributed by atoms with Crippen LogP contribution in [0.1, 0.15) is 23.1 Å². The Morgan fingerprint density at radius 2 is 1.65 bits per heavy atom. The zero-order chi connectivity index (χ0) is 23.9. The number of amides is 3. The molecule has 0 aromatic heterocycles. The predicted octanol–water partition coefficient (Wildman–Crippen LogP) is 5.31. The molecule has 0 unspecified atom stereocenters. The van der Waals surface area contributed by atoms with Gasteiger partial charge in [0, 0.05) is 24.3 Å². The molecule has 176 valence electrons. The molecule has 8 heteroatoms. The monoisotopic (exact) mass is 479 g/mol. The molecule has 0 radical (unpaired) electrons. The summed E-state index contributed by atoms with van der Waals surface area (Å²) in [5.41, 5.74) is 4.01. The zero-order valence-electron chi connectivity index (χ0n) is 18.8. The van der Waals surface area contributed by atoms with Gasteiger partial charge < -0.3 is 25.4 Å². The van der Waals surface area contributed by atoms with Crippen LogP contribution in [-0.4, -0.2) is 25.2 Å². The molecule has 0 saturated heterocycles. The number of anilines is 2. The van der Waals surface area contributed by atoms with E-state index >= 15 is 0 Å². The van der Waals surface area contributed by atoms with E-state index in [2.05, 4.69) is 16.0 Å². The lowest BCUT2D eigenvalue weighted by Crippen LogP contribution is -2.24. The summed E-state index contributed by atoms with van der Waals surface area (Å²) in [5.74, 6) is 0.940. The number of halogens is 1. The van der Waals surface area contributed by atoms with Crippen molar-refractivity contribution in [3.8, 4) is 11.5 Å². The smallest absolute Gasteiger partial charge is 0.323 e. The van der Waals surface area contributed by atoms with Crippen molar-refractivity contribution in [1.29, 1.82) is 0 Å². The summed E-state index contributed by atoms with van der Waals surface area (Å²) in [7, 11) is 0. The number of rotatable bonds is 6. The van der Waals surface area contributed by atoms with Gasteiger partial charge in [-0.25, -0.2) is 4.79 Å². The molecule has 1 aliphatic rings. The SMILES string of the molecule is Cc1cccc(NC(=O)Nc2cccc(CNC(=O)Cc3cc(Cl)c4c(c3)OCCCO4)c2)c1. The maximum atomic E-state index is 12.5. The van der Waals surface area contributed by atoms with Crippen LogP contribution in [0.2, 0.25) is 5.02 Å². The lowest BCUT2D eigenvalue weighted by atomic mass is 10.1. The maximum absolute atomic E-state index is 12.5. The van der Waals surface area contributed by atoms with Gasteiger partial charge in [-0.05, 0) is 60.0 Å². The second kappa shape index (κ2) is 10.9. The largest absolute Gasteiger partial charge is 0.489 e. The van der Waals surface area contributed by atoms with Crippen molar-refractivity contribution in [1.82, 2.24) is 5.32 Å². The predicted molar refractivity (Wildman–Crippen MR) is 133 cm³/mol. The second-order valence-corrected chi connectivity index (χ2v) is 8.47. The van der Waals surface area contributed by atoms with Crippen LogP contribution in [0.5, 0.6) is 11.5 Å². The summed E-state index contributed by atoms with van der Waals surface area (Å²) in [6.07, 6.45) is 0.940. The first-order valence-corrected chi connectivity index (χ1v) is 11.4. The maximum Gasteiger partial charge on any atom is 0.323 e. The molecule has 4 rings (SSSR count). The highest BCUT2D eigenvalue weighted by Crippen LogP contribution is 2.38. The Labute approximate surface area is 203 Å². The van der Waals surface area contributed by atoms with E-state index in [1.807, 2.05) is 49.4 Å². The summed E-state index contributed by atoms with van der Waals surface area (Å²) in [6, 6.07) is 18.1. The third-order valence-electron chi connectivity index (χ3n) is 5.18. The standard InChI is InChI=1S/C26H26ClN3O4/c1-17-5-2-7-20(11-17)29-26(32)30-21-8-3-6-18(12-21)16-28-24(31)15-19-13-22(27)25-23(14-19)33-9-4-10-34-25/h2-3,5-8,11-14H,4,9-10,15-16H2,1H3,(H,28,31)(H2,29,30,32). The number of ether oxygens (including phenoxy) is 2. The van der Waals surface area contributed by atoms with E-state index in [-0.39, 0.29) is 18.4 Å². The van der Waals surface area contributed by atoms with Gasteiger partial charge in [-0.3, -0.25) is 4.79 Å². The summed E-state index contributed by atoms with van der Waals surface area (Å²) in [5, 5.41) is 8.96. The van der Waals surface area contributed by atoms with E-state index in [9.17, 15) is 9.59 Å². The fourth-order valence-corrected chi connectivity index (χ4v) is 3.90. The van der Waals surface area contributed by atoms with Crippen LogP contribution < -0.4 is 25.4 Å². The number of fused-ring (bicyclic) bond motifs is 1. The Bertz CT molecular complexity index is 1200. The molecule has 34 heavy (non-hydrogen) atoms. The van der Waals surface area contributed by atoms with Gasteiger partial charge in [0.05, 0.1) is 24.7 Å². The van der Waals surface area contributed by atoms with Crippen LogP contribution in [0.4, 0.5) is 16.2 Å². The zero-order valence-corrected chi connectivity index (χ0v) is 19.6. The number of benzene rings is 3. The fraction of sp³-hybridized carbons (Fsp3) is 0.231. The number of carbonyl (C=O) groups is 2. The molecule has 7 nitrogen and oxygen atoms in total. The second-order valence-electron chi connectivity index (χ2n) is 8.06. The van der Waals surface area contributed by atoms with Gasteiger partial charge in [-0.1, -0.05) is 35.9 Å². The Kier molecular flexibility index (Phi) is 7.54. The van der Waals surface area contributed by atoms with Gasteiger partial charge >= 0.3 is 6.03 Å². The minimum Gasteiger partial charge on any atom is -0.489 e. The molecule has 1 aliphatic heterocycles. The summed E-state index contributed by atoms with van der Waals surface area (Å²) in [4.78, 5) is 24.8. The minimum absolute atomic E-state index is 0.152. The van der Waals surface area contributed by atoms with Crippen LogP contribution in [0.15, 0.2) is 60.7 Å². The van der Waals surface area contributed by atoms with Crippen molar-refractivity contribution >= 4 is 34.9 Å². The molecule has 0 fully saturated rings. The van der Waals surface area contributed by atoms with E-state index in [1.54, 1.807) is 18.2 Å². The van der Waals surface area contributed by atoms with Gasteiger partial charge in [-0.2, -0.15) is 0 Å². The van der Waals surface area contributed by atoms with Crippen molar-refractivity contribution in [2.24, 2.45) is 0 Å². The van der Waals surface area contributed by atoms with Gasteiger partial charge in [-0.15, -0.1) is 0 Å². The van der Waals surface area contributed by atoms with Crippen LogP contribution in [0.25, 0.3) is 0 Å². The lowest BCUT2D eigenvalue weighted by Gasteiger charge is -2.12. The van der Waals surface area contributed by atoms with Gasteiger partial charge in [0.2, 0.25) is 5.91 Å². The highest BCUT2D eigenvalue weighted by atomic mass is 35.5. The Hall–Kier alpha value is -3.71. The van der Waals surface area contributed by atoms with Crippen molar-refractivity contribution in [2.75, 3.05) is 23.8 Å². The molecular formula is C26H26ClN3O4. The molecule has 0 atom stereocenters. The molecule has 0 spiro atoms. The minimum atomic E-state index is -0.335. The van der Waals surface area contributed by atoms with Crippen LogP contribution in [0.3, 0.4) is 0 Å². The topological polar surface area (TPSA) is 88.7 Å². The molecule has 1 heterocycles. The van der Waals surface area contributed by atoms with Crippen molar-refractivity contribution in [3.63, 3.8) is 0 Å². The number of urea groups is 1. The number of hydrogen-bond acceptors (Lipinski definition) is 4. The first kappa shape index (κ1) is 23.4. The Morgan fingerprint density at radius 1 is 0.912 bits per heavy atom. The molecule has 3 amide bonds. The Morgan fingerprint density at radius 3 is 2.44 bits per heavy atom. The third kappa shape index (κ3) is 6.42. The number of hydrogen-bond donors (Lipinski definition) is 3. The first-order chi connectivity index (χ1) is 16.5. The first-order valence-electron chi connectivity index (χ1n) is 11.0. The average Bonchev–Trinajstić information content (AvgIpc) is 3.04. The van der Waals surface area contributed by atoms with E-state index in [0.717, 1.165) is 28.8 Å². The van der Waals surface area contributed by atoms with Gasteiger partial charge in [0.15, 0.2) is 11.5 Å². The quantitative estimate of drug-likeness (QED) is 0.447. The van der Waals surface area contributed by atoms with Crippen molar-refractivity contribution < 1.29 is 19.1 Å². The van der Waals surface area contributed by atoms with E-state index in [4.69, 9.17) is 21.1 Å². The van der Waals surface area contributed by atoms with Crippen molar-refractivity contribution in [3.05, 3.63) is 82.4 Å². The molecule has 0 bridgehead atoms. The Balaban J connectivity index is 1.31. The highest BCUT2D eigenvalue weighted by Gasteiger charge is 2.17. The van der Waals surface area contributed by atoms with Crippen molar-refractivity contribution in [2.45, 2.75) is 26.3 Å². The number of aryl methyl sites for hydroxylation is 1. The molecule has 3 N–H and O–H groups in total. The van der Waals surface area contributed by atoms with E-state index in [1.165, 1.54) is 0 Å². The number of nitrogens with one attached hydrogen (secondary N) is 3. The number of carbonyl (C=O) groups excluding carboxylic acids is 2. The van der Waals surface area contributed by atoms with Gasteiger partial charge in [0.25, 0.3) is 0 Å². The normalized spacial score (nSPS) is 12.4. The lowest BCUT2D eigenvalue weighted by molar-refractivity contribution is -0.120. The van der Waals surface area contributed by atoms with E-state index in [0.29, 0.717) is 42.0 Å². The highest BCUT2D eigenvalue weighted by molar-refractivity contribution is 6.32.